The summed E-state index contributed by atoms with van der Waals surface area (Å²) in [6.07, 6.45) is 10.3. The predicted octanol–water partition coefficient (Wildman–Crippen LogP) is 3.55. The van der Waals surface area contributed by atoms with Gasteiger partial charge in [-0.25, -0.2) is 19.9 Å². The Balaban J connectivity index is 1.28. The summed E-state index contributed by atoms with van der Waals surface area (Å²) in [6.45, 7) is 2.62. The maximum atomic E-state index is 4.78. The van der Waals surface area contributed by atoms with Crippen molar-refractivity contribution in [3.05, 3.63) is 90.3 Å². The van der Waals surface area contributed by atoms with Crippen LogP contribution in [0.25, 0.3) is 22.8 Å². The van der Waals surface area contributed by atoms with Crippen LogP contribution in [0.1, 0.15) is 16.8 Å². The average Bonchev–Trinajstić information content (AvgIpc) is 2.80. The van der Waals surface area contributed by atoms with Crippen LogP contribution in [0.3, 0.4) is 0 Å². The molecule has 0 N–H and O–H groups in total. The van der Waals surface area contributed by atoms with Gasteiger partial charge in [0.1, 0.15) is 0 Å². The fourth-order valence-corrected chi connectivity index (χ4v) is 3.58. The van der Waals surface area contributed by atoms with Crippen LogP contribution in [0.4, 0.5) is 0 Å². The van der Waals surface area contributed by atoms with Gasteiger partial charge in [-0.15, -0.1) is 0 Å². The minimum absolute atomic E-state index is 0.760. The highest BCUT2D eigenvalue weighted by atomic mass is 15.1. The number of hydrogen-bond acceptors (Lipinski definition) is 6. The van der Waals surface area contributed by atoms with E-state index in [2.05, 4.69) is 24.8 Å². The van der Waals surface area contributed by atoms with E-state index in [-0.39, 0.29) is 0 Å². The van der Waals surface area contributed by atoms with E-state index in [0.717, 1.165) is 60.1 Å². The summed E-state index contributed by atoms with van der Waals surface area (Å²) in [6, 6.07) is 13.9. The second-order valence-corrected chi connectivity index (χ2v) is 7.14. The molecule has 29 heavy (non-hydrogen) atoms. The highest BCUT2D eigenvalue weighted by Gasteiger charge is 2.19. The van der Waals surface area contributed by atoms with Crippen molar-refractivity contribution in [2.45, 2.75) is 19.5 Å². The van der Waals surface area contributed by atoms with Gasteiger partial charge in [0.2, 0.25) is 0 Å². The molecule has 0 saturated heterocycles. The van der Waals surface area contributed by atoms with Crippen LogP contribution < -0.4 is 0 Å². The molecule has 6 heteroatoms. The Bertz CT molecular complexity index is 1100. The largest absolute Gasteiger partial charge is 0.294 e. The van der Waals surface area contributed by atoms with Crippen LogP contribution in [-0.4, -0.2) is 36.4 Å². The van der Waals surface area contributed by atoms with Crippen LogP contribution in [0, 0.1) is 0 Å². The Morgan fingerprint density at radius 1 is 0.793 bits per heavy atom. The predicted molar refractivity (Wildman–Crippen MR) is 111 cm³/mol. The number of pyridine rings is 1. The van der Waals surface area contributed by atoms with Gasteiger partial charge in [0.15, 0.2) is 11.6 Å². The molecule has 6 nitrogen and oxygen atoms in total. The molecule has 0 bridgehead atoms. The van der Waals surface area contributed by atoms with Gasteiger partial charge in [-0.1, -0.05) is 30.3 Å². The highest BCUT2D eigenvalue weighted by molar-refractivity contribution is 5.54. The molecular formula is C23H20N6. The second kappa shape index (κ2) is 7.85. The van der Waals surface area contributed by atoms with Crippen molar-refractivity contribution >= 4 is 0 Å². The van der Waals surface area contributed by atoms with Gasteiger partial charge >= 0.3 is 0 Å². The van der Waals surface area contributed by atoms with Gasteiger partial charge in [0.05, 0.1) is 5.69 Å². The zero-order chi connectivity index (χ0) is 19.5. The molecule has 1 aliphatic rings. The molecule has 0 spiro atoms. The summed E-state index contributed by atoms with van der Waals surface area (Å²) in [7, 11) is 0. The standard InChI is InChI=1S/C23H20N6/c1-2-4-18(5-3-1)22-25-12-17(13-26-22)15-29-11-8-21-20(16-29)14-27-23(28-21)19-6-9-24-10-7-19/h1-7,9-10,12-14H,8,11,15-16H2. The number of nitrogens with zero attached hydrogens (tertiary/aromatic N) is 6. The maximum absolute atomic E-state index is 4.78. The second-order valence-electron chi connectivity index (χ2n) is 7.14. The van der Waals surface area contributed by atoms with Crippen molar-refractivity contribution in [2.24, 2.45) is 0 Å². The first-order valence-corrected chi connectivity index (χ1v) is 9.69. The third-order valence-electron chi connectivity index (χ3n) is 5.09. The van der Waals surface area contributed by atoms with Crippen LogP contribution >= 0.6 is 0 Å². The molecule has 1 aromatic carbocycles. The van der Waals surface area contributed by atoms with E-state index in [0.29, 0.717) is 0 Å². The van der Waals surface area contributed by atoms with Crippen molar-refractivity contribution in [3.8, 4) is 22.8 Å². The van der Waals surface area contributed by atoms with E-state index in [1.165, 1.54) is 5.56 Å². The topological polar surface area (TPSA) is 67.7 Å². The average molecular weight is 380 g/mol. The van der Waals surface area contributed by atoms with Crippen molar-refractivity contribution in [2.75, 3.05) is 6.54 Å². The highest BCUT2D eigenvalue weighted by Crippen LogP contribution is 2.22. The number of benzene rings is 1. The zero-order valence-corrected chi connectivity index (χ0v) is 15.9. The molecule has 0 amide bonds. The molecule has 4 heterocycles. The lowest BCUT2D eigenvalue weighted by Gasteiger charge is -2.27. The van der Waals surface area contributed by atoms with Crippen LogP contribution in [0.15, 0.2) is 73.4 Å². The van der Waals surface area contributed by atoms with Crippen molar-refractivity contribution < 1.29 is 0 Å². The van der Waals surface area contributed by atoms with E-state index in [4.69, 9.17) is 4.98 Å². The number of fused-ring (bicyclic) bond motifs is 1. The van der Waals surface area contributed by atoms with E-state index in [1.807, 2.05) is 61.1 Å². The summed E-state index contributed by atoms with van der Waals surface area (Å²) in [4.78, 5) is 24.9. The van der Waals surface area contributed by atoms with Crippen molar-refractivity contribution in [3.63, 3.8) is 0 Å². The minimum Gasteiger partial charge on any atom is -0.294 e. The molecule has 4 aromatic rings. The summed E-state index contributed by atoms with van der Waals surface area (Å²) in [5.41, 5.74) is 5.48. The lowest BCUT2D eigenvalue weighted by Crippen LogP contribution is -2.31. The van der Waals surface area contributed by atoms with Crippen molar-refractivity contribution in [1.29, 1.82) is 0 Å². The monoisotopic (exact) mass is 380 g/mol. The van der Waals surface area contributed by atoms with Gasteiger partial charge < -0.3 is 0 Å². The number of rotatable bonds is 4. The van der Waals surface area contributed by atoms with E-state index >= 15 is 0 Å². The molecule has 0 aliphatic carbocycles. The number of hydrogen-bond donors (Lipinski definition) is 0. The summed E-state index contributed by atoms with van der Waals surface area (Å²) >= 11 is 0. The van der Waals surface area contributed by atoms with Gasteiger partial charge in [0.25, 0.3) is 0 Å². The molecule has 142 valence electrons. The first kappa shape index (κ1) is 17.6. The molecule has 0 fully saturated rings. The fourth-order valence-electron chi connectivity index (χ4n) is 3.58. The Labute approximate surface area is 169 Å². The zero-order valence-electron chi connectivity index (χ0n) is 15.9. The summed E-state index contributed by atoms with van der Waals surface area (Å²) in [5, 5.41) is 0. The first-order chi connectivity index (χ1) is 14.3. The minimum atomic E-state index is 0.760. The Kier molecular flexibility index (Phi) is 4.76. The molecule has 0 atom stereocenters. The van der Waals surface area contributed by atoms with Crippen LogP contribution in [0.2, 0.25) is 0 Å². The summed E-state index contributed by atoms with van der Waals surface area (Å²) < 4.78 is 0. The molecule has 0 saturated carbocycles. The lowest BCUT2D eigenvalue weighted by atomic mass is 10.1. The molecule has 1 aliphatic heterocycles. The molecule has 0 radical (unpaired) electrons. The molecule has 5 rings (SSSR count). The van der Waals surface area contributed by atoms with Crippen LogP contribution in [0.5, 0.6) is 0 Å². The Hall–Kier alpha value is -3.51. The van der Waals surface area contributed by atoms with Gasteiger partial charge in [-0.05, 0) is 12.1 Å². The third-order valence-corrected chi connectivity index (χ3v) is 5.09. The van der Waals surface area contributed by atoms with E-state index in [9.17, 15) is 0 Å². The Morgan fingerprint density at radius 2 is 1.52 bits per heavy atom. The smallest absolute Gasteiger partial charge is 0.159 e. The van der Waals surface area contributed by atoms with E-state index < -0.39 is 0 Å². The normalized spacial score (nSPS) is 13.8. The lowest BCUT2D eigenvalue weighted by molar-refractivity contribution is 0.242. The van der Waals surface area contributed by atoms with Crippen LogP contribution in [-0.2, 0) is 19.5 Å². The quantitative estimate of drug-likeness (QED) is 0.539. The van der Waals surface area contributed by atoms with Gasteiger partial charge in [-0.3, -0.25) is 9.88 Å². The van der Waals surface area contributed by atoms with Gasteiger partial charge in [-0.2, -0.15) is 0 Å². The van der Waals surface area contributed by atoms with E-state index in [1.54, 1.807) is 12.4 Å². The molecular weight excluding hydrogens is 360 g/mol. The fraction of sp³-hybridized carbons (Fsp3) is 0.174. The Morgan fingerprint density at radius 3 is 2.31 bits per heavy atom. The first-order valence-electron chi connectivity index (χ1n) is 9.69. The molecule has 0 unspecified atom stereocenters. The third kappa shape index (κ3) is 3.88. The van der Waals surface area contributed by atoms with Crippen molar-refractivity contribution in [1.82, 2.24) is 29.8 Å². The molecule has 3 aromatic heterocycles. The van der Waals surface area contributed by atoms with Gasteiger partial charge in [0, 0.05) is 79.3 Å². The summed E-state index contributed by atoms with van der Waals surface area (Å²) in [5.74, 6) is 1.53. The maximum Gasteiger partial charge on any atom is 0.159 e. The number of aromatic nitrogens is 5. The SMILES string of the molecule is c1ccc(-c2ncc(CN3CCc4nc(-c5ccncc5)ncc4C3)cn2)cc1.